The minimum absolute atomic E-state index is 0.0982. The Hall–Kier alpha value is -3.01. The van der Waals surface area contributed by atoms with Crippen LogP contribution in [0.25, 0.3) is 17.4 Å². The van der Waals surface area contributed by atoms with E-state index in [1.807, 2.05) is 0 Å². The quantitative estimate of drug-likeness (QED) is 0.484. The zero-order valence-electron chi connectivity index (χ0n) is 13.7. The summed E-state index contributed by atoms with van der Waals surface area (Å²) in [4.78, 5) is 15.3. The highest BCUT2D eigenvalue weighted by Crippen LogP contribution is 2.33. The molecular weight excluding hydrogens is 383 g/mol. The summed E-state index contributed by atoms with van der Waals surface area (Å²) in [5.74, 6) is -0.304. The van der Waals surface area contributed by atoms with Crippen LogP contribution in [0, 0.1) is 6.92 Å². The average Bonchev–Trinajstić information content (AvgIpc) is 3.23. The Kier molecular flexibility index (Phi) is 5.08. The van der Waals surface area contributed by atoms with Crippen LogP contribution < -0.4 is 0 Å². The third kappa shape index (κ3) is 4.59. The molecule has 3 aromatic rings. The molecule has 140 valence electrons. The van der Waals surface area contributed by atoms with Crippen LogP contribution in [0.5, 0.6) is 0 Å². The van der Waals surface area contributed by atoms with E-state index < -0.39 is 17.7 Å². The normalized spacial score (nSPS) is 12.4. The Morgan fingerprint density at radius 2 is 2.07 bits per heavy atom. The lowest BCUT2D eigenvalue weighted by Crippen LogP contribution is -2.04. The van der Waals surface area contributed by atoms with Gasteiger partial charge >= 0.3 is 12.1 Å². The molecule has 0 saturated carbocycles. The standard InChI is InChI=1S/C17H12F3N3O3S/c1-9-21-16(23-22-9)27-14(15(24)25)8-12-5-6-13(26-12)10-3-2-4-11(7-10)17(18,19)20/h2-8H,1H3,(H,24,25)(H,21,22,23). The number of nitrogens with one attached hydrogen (secondary N) is 1. The van der Waals surface area contributed by atoms with Crippen molar-refractivity contribution in [2.24, 2.45) is 0 Å². The number of rotatable bonds is 5. The van der Waals surface area contributed by atoms with Crippen LogP contribution in [-0.4, -0.2) is 26.3 Å². The fraction of sp³-hybridized carbons (Fsp3) is 0.118. The predicted octanol–water partition coefficient (Wildman–Crippen LogP) is 4.61. The van der Waals surface area contributed by atoms with Crippen molar-refractivity contribution >= 4 is 23.8 Å². The van der Waals surface area contributed by atoms with Crippen LogP contribution in [0.2, 0.25) is 0 Å². The molecule has 0 radical (unpaired) electrons. The number of carbonyl (C=O) groups is 1. The highest BCUT2D eigenvalue weighted by molar-refractivity contribution is 8.04. The van der Waals surface area contributed by atoms with Crippen molar-refractivity contribution in [1.82, 2.24) is 15.2 Å². The average molecular weight is 395 g/mol. The first-order valence-electron chi connectivity index (χ1n) is 7.52. The molecule has 0 saturated heterocycles. The monoisotopic (exact) mass is 395 g/mol. The van der Waals surface area contributed by atoms with Gasteiger partial charge in [-0.1, -0.05) is 12.1 Å². The van der Waals surface area contributed by atoms with Crippen LogP contribution >= 0.6 is 11.8 Å². The van der Waals surface area contributed by atoms with Crippen LogP contribution in [-0.2, 0) is 11.0 Å². The van der Waals surface area contributed by atoms with E-state index in [0.717, 1.165) is 23.9 Å². The number of furan rings is 1. The van der Waals surface area contributed by atoms with Crippen molar-refractivity contribution in [3.05, 3.63) is 58.5 Å². The molecule has 10 heteroatoms. The third-order valence-corrected chi connectivity index (χ3v) is 4.24. The van der Waals surface area contributed by atoms with E-state index in [0.29, 0.717) is 5.82 Å². The molecule has 0 aliphatic rings. The Balaban J connectivity index is 1.87. The summed E-state index contributed by atoms with van der Waals surface area (Å²) in [7, 11) is 0. The lowest BCUT2D eigenvalue weighted by molar-refractivity contribution is -0.137. The van der Waals surface area contributed by atoms with E-state index in [-0.39, 0.29) is 27.1 Å². The van der Waals surface area contributed by atoms with Gasteiger partial charge < -0.3 is 9.52 Å². The van der Waals surface area contributed by atoms with E-state index in [9.17, 15) is 23.1 Å². The molecule has 0 aliphatic carbocycles. The predicted molar refractivity (Wildman–Crippen MR) is 91.7 cm³/mol. The minimum atomic E-state index is -4.47. The SMILES string of the molecule is Cc1nc(SC(=Cc2ccc(-c3cccc(C(F)(F)F)c3)o2)C(=O)O)n[nH]1. The Morgan fingerprint density at radius 3 is 2.70 bits per heavy atom. The highest BCUT2D eigenvalue weighted by atomic mass is 32.2. The van der Waals surface area contributed by atoms with E-state index in [4.69, 9.17) is 4.42 Å². The summed E-state index contributed by atoms with van der Waals surface area (Å²) in [5.41, 5.74) is -0.561. The first kappa shape index (κ1) is 18.8. The van der Waals surface area contributed by atoms with Gasteiger partial charge in [0.2, 0.25) is 5.16 Å². The number of aromatic amines is 1. The lowest BCUT2D eigenvalue weighted by Gasteiger charge is -2.07. The summed E-state index contributed by atoms with van der Waals surface area (Å²) in [5, 5.41) is 16.0. The fourth-order valence-corrected chi connectivity index (χ4v) is 2.90. The van der Waals surface area contributed by atoms with Crippen molar-refractivity contribution in [2.75, 3.05) is 0 Å². The molecule has 27 heavy (non-hydrogen) atoms. The smallest absolute Gasteiger partial charge is 0.416 e. The molecule has 0 atom stereocenters. The second-order valence-corrected chi connectivity index (χ2v) is 6.41. The molecule has 1 aromatic carbocycles. The largest absolute Gasteiger partial charge is 0.477 e. The molecular formula is C17H12F3N3O3S. The van der Waals surface area contributed by atoms with Gasteiger partial charge in [0.25, 0.3) is 0 Å². The van der Waals surface area contributed by atoms with Gasteiger partial charge in [-0.25, -0.2) is 9.78 Å². The van der Waals surface area contributed by atoms with E-state index in [2.05, 4.69) is 15.2 Å². The molecule has 0 aliphatic heterocycles. The zero-order chi connectivity index (χ0) is 19.6. The molecule has 2 heterocycles. The van der Waals surface area contributed by atoms with Gasteiger partial charge in [-0.3, -0.25) is 5.10 Å². The van der Waals surface area contributed by atoms with Crippen molar-refractivity contribution in [2.45, 2.75) is 18.3 Å². The number of carboxylic acid groups (broad SMARTS) is 1. The number of aryl methyl sites for hydroxylation is 1. The molecule has 6 nitrogen and oxygen atoms in total. The van der Waals surface area contributed by atoms with Gasteiger partial charge in [-0.15, -0.1) is 5.10 Å². The van der Waals surface area contributed by atoms with Crippen LogP contribution in [0.3, 0.4) is 0 Å². The van der Waals surface area contributed by atoms with Crippen molar-refractivity contribution in [1.29, 1.82) is 0 Å². The van der Waals surface area contributed by atoms with Crippen LogP contribution in [0.1, 0.15) is 17.1 Å². The number of aliphatic carboxylic acids is 1. The summed E-state index contributed by atoms with van der Waals surface area (Å²) < 4.78 is 44.0. The molecule has 3 rings (SSSR count). The number of aromatic nitrogens is 3. The number of H-pyrrole nitrogens is 1. The fourth-order valence-electron chi connectivity index (χ4n) is 2.16. The van der Waals surface area contributed by atoms with Gasteiger partial charge in [-0.2, -0.15) is 13.2 Å². The molecule has 2 aromatic heterocycles. The number of hydrogen-bond acceptors (Lipinski definition) is 5. The van der Waals surface area contributed by atoms with E-state index in [1.54, 1.807) is 6.92 Å². The van der Waals surface area contributed by atoms with Gasteiger partial charge in [0.15, 0.2) is 0 Å². The first-order chi connectivity index (χ1) is 12.7. The Morgan fingerprint density at radius 1 is 1.30 bits per heavy atom. The molecule has 2 N–H and O–H groups in total. The van der Waals surface area contributed by atoms with Crippen molar-refractivity contribution in [3.63, 3.8) is 0 Å². The van der Waals surface area contributed by atoms with Gasteiger partial charge in [0.05, 0.1) is 5.56 Å². The zero-order valence-corrected chi connectivity index (χ0v) is 14.6. The van der Waals surface area contributed by atoms with Gasteiger partial charge in [0, 0.05) is 11.6 Å². The second kappa shape index (κ2) is 7.31. The molecule has 0 fully saturated rings. The number of benzene rings is 1. The molecule has 0 amide bonds. The summed E-state index contributed by atoms with van der Waals surface area (Å²) in [6.07, 6.45) is -3.21. The maximum absolute atomic E-state index is 12.8. The summed E-state index contributed by atoms with van der Waals surface area (Å²) >= 11 is 0.823. The number of thioether (sulfide) groups is 1. The van der Waals surface area contributed by atoms with Crippen molar-refractivity contribution in [3.8, 4) is 11.3 Å². The number of carboxylic acids is 1. The molecule has 0 unspecified atom stereocenters. The van der Waals surface area contributed by atoms with Gasteiger partial charge in [-0.05, 0) is 43.0 Å². The Bertz CT molecular complexity index is 1010. The number of alkyl halides is 3. The minimum Gasteiger partial charge on any atom is -0.477 e. The summed E-state index contributed by atoms with van der Waals surface area (Å²) in [6.45, 7) is 1.68. The number of hydrogen-bond donors (Lipinski definition) is 2. The molecule has 0 spiro atoms. The third-order valence-electron chi connectivity index (χ3n) is 3.36. The summed E-state index contributed by atoms with van der Waals surface area (Å²) in [6, 6.07) is 7.64. The number of halogens is 3. The maximum Gasteiger partial charge on any atom is 0.416 e. The van der Waals surface area contributed by atoms with E-state index in [1.165, 1.54) is 30.3 Å². The Labute approximate surface area is 155 Å². The maximum atomic E-state index is 12.8. The number of nitrogens with zero attached hydrogens (tertiary/aromatic N) is 2. The van der Waals surface area contributed by atoms with Crippen LogP contribution in [0.4, 0.5) is 13.2 Å². The van der Waals surface area contributed by atoms with Gasteiger partial charge in [0.1, 0.15) is 22.3 Å². The van der Waals surface area contributed by atoms with Crippen molar-refractivity contribution < 1.29 is 27.5 Å². The van der Waals surface area contributed by atoms with Crippen LogP contribution in [0.15, 0.2) is 50.9 Å². The van der Waals surface area contributed by atoms with E-state index >= 15 is 0 Å². The lowest BCUT2D eigenvalue weighted by atomic mass is 10.1. The second-order valence-electron chi connectivity index (χ2n) is 5.40. The first-order valence-corrected chi connectivity index (χ1v) is 8.33. The molecule has 0 bridgehead atoms. The topological polar surface area (TPSA) is 92.0 Å². The highest BCUT2D eigenvalue weighted by Gasteiger charge is 2.30.